The highest BCUT2D eigenvalue weighted by molar-refractivity contribution is 8.00. The normalized spacial score (nSPS) is 11.3. The minimum absolute atomic E-state index is 0.0378. The Kier molecular flexibility index (Phi) is 8.35. The van der Waals surface area contributed by atoms with Crippen LogP contribution in [-0.2, 0) is 25.5 Å². The van der Waals surface area contributed by atoms with E-state index in [1.54, 1.807) is 0 Å². The smallest absolute Gasteiger partial charge is 0.316 e. The topological polar surface area (TPSA) is 116 Å². The molecule has 0 spiro atoms. The van der Waals surface area contributed by atoms with Gasteiger partial charge in [0.2, 0.25) is 0 Å². The minimum Gasteiger partial charge on any atom is -0.455 e. The van der Waals surface area contributed by atoms with Gasteiger partial charge in [0.15, 0.2) is 12.4 Å². The molecule has 0 saturated heterocycles. The quantitative estimate of drug-likeness (QED) is 0.274. The maximum atomic E-state index is 12.0. The first-order chi connectivity index (χ1) is 13.8. The van der Waals surface area contributed by atoms with E-state index in [2.05, 4.69) is 5.32 Å². The number of hydrogen-bond donors (Lipinski definition) is 1. The molecular formula is C20H20N2O6S. The molecule has 0 aromatic heterocycles. The summed E-state index contributed by atoms with van der Waals surface area (Å²) in [6.07, 6.45) is 0.353. The second-order valence-corrected chi connectivity index (χ2v) is 7.17. The molecule has 0 heterocycles. The Bertz CT molecular complexity index is 870. The lowest BCUT2D eigenvalue weighted by Gasteiger charge is -2.16. The highest BCUT2D eigenvalue weighted by Gasteiger charge is 2.18. The van der Waals surface area contributed by atoms with Crippen LogP contribution in [0.15, 0.2) is 59.5 Å². The Morgan fingerprint density at radius 1 is 1.10 bits per heavy atom. The van der Waals surface area contributed by atoms with Crippen molar-refractivity contribution in [2.24, 2.45) is 0 Å². The number of non-ortho nitro benzene ring substituents is 1. The van der Waals surface area contributed by atoms with Crippen LogP contribution < -0.4 is 5.32 Å². The van der Waals surface area contributed by atoms with Gasteiger partial charge in [-0.3, -0.25) is 24.5 Å². The van der Waals surface area contributed by atoms with Gasteiger partial charge in [-0.05, 0) is 31.0 Å². The lowest BCUT2D eigenvalue weighted by Crippen LogP contribution is -2.43. The number of thioether (sulfide) groups is 1. The number of Topliss-reactive ketones (excluding diaryl/α,β-unsaturated/α-hetero) is 1. The summed E-state index contributed by atoms with van der Waals surface area (Å²) in [6, 6.07) is 14.3. The van der Waals surface area contributed by atoms with E-state index in [0.29, 0.717) is 11.3 Å². The molecule has 152 valence electrons. The van der Waals surface area contributed by atoms with Crippen molar-refractivity contribution >= 4 is 35.1 Å². The van der Waals surface area contributed by atoms with E-state index in [1.165, 1.54) is 31.2 Å². The zero-order chi connectivity index (χ0) is 21.2. The van der Waals surface area contributed by atoms with Gasteiger partial charge in [-0.25, -0.2) is 0 Å². The van der Waals surface area contributed by atoms with Gasteiger partial charge in [0.25, 0.3) is 11.6 Å². The second kappa shape index (κ2) is 11.0. The van der Waals surface area contributed by atoms with Gasteiger partial charge in [0.05, 0.1) is 16.7 Å². The zero-order valence-corrected chi connectivity index (χ0v) is 16.5. The average molecular weight is 416 g/mol. The third-order valence-corrected chi connectivity index (χ3v) is 4.86. The molecule has 2 rings (SSSR count). The van der Waals surface area contributed by atoms with Gasteiger partial charge in [-0.15, -0.1) is 11.8 Å². The summed E-state index contributed by atoms with van der Waals surface area (Å²) in [6.45, 7) is 0.902. The van der Waals surface area contributed by atoms with Crippen LogP contribution in [0, 0.1) is 10.1 Å². The molecule has 0 bridgehead atoms. The zero-order valence-electron chi connectivity index (χ0n) is 15.7. The molecule has 1 atom stereocenters. The summed E-state index contributed by atoms with van der Waals surface area (Å²) in [5, 5.41) is 13.2. The summed E-state index contributed by atoms with van der Waals surface area (Å²) in [5.74, 6) is -1.41. The number of nitrogens with one attached hydrogen (secondary N) is 1. The van der Waals surface area contributed by atoms with Crippen LogP contribution in [0.5, 0.6) is 0 Å². The summed E-state index contributed by atoms with van der Waals surface area (Å²) >= 11 is 1.14. The van der Waals surface area contributed by atoms with Gasteiger partial charge < -0.3 is 10.1 Å². The summed E-state index contributed by atoms with van der Waals surface area (Å²) in [7, 11) is 0. The molecule has 8 nitrogen and oxygen atoms in total. The molecule has 0 aliphatic rings. The van der Waals surface area contributed by atoms with Crippen molar-refractivity contribution in [1.82, 2.24) is 5.32 Å². The number of nitro benzene ring substituents is 1. The number of ketones is 1. The van der Waals surface area contributed by atoms with Crippen molar-refractivity contribution in [3.63, 3.8) is 0 Å². The molecule has 1 amide bonds. The van der Waals surface area contributed by atoms with E-state index < -0.39 is 29.4 Å². The fourth-order valence-corrected chi connectivity index (χ4v) is 3.07. The number of nitro groups is 1. The third kappa shape index (κ3) is 7.74. The van der Waals surface area contributed by atoms with Crippen LogP contribution in [0.3, 0.4) is 0 Å². The number of esters is 1. The van der Waals surface area contributed by atoms with E-state index in [9.17, 15) is 24.5 Å². The van der Waals surface area contributed by atoms with Crippen molar-refractivity contribution in [3.05, 3.63) is 70.3 Å². The van der Waals surface area contributed by atoms with Crippen LogP contribution in [0.4, 0.5) is 5.69 Å². The Balaban J connectivity index is 1.75. The van der Waals surface area contributed by atoms with Gasteiger partial charge in [-0.2, -0.15) is 0 Å². The van der Waals surface area contributed by atoms with Crippen LogP contribution in [0.2, 0.25) is 0 Å². The Labute approximate surface area is 171 Å². The number of amides is 1. The summed E-state index contributed by atoms with van der Waals surface area (Å²) < 4.78 is 4.93. The molecule has 2 aromatic rings. The maximum absolute atomic E-state index is 12.0. The lowest BCUT2D eigenvalue weighted by atomic mass is 10.0. The number of hydrogen-bond acceptors (Lipinski definition) is 7. The molecule has 9 heteroatoms. The van der Waals surface area contributed by atoms with Crippen LogP contribution in [0.1, 0.15) is 12.5 Å². The number of carbonyl (C=O) groups is 3. The highest BCUT2D eigenvalue weighted by atomic mass is 32.2. The molecule has 0 radical (unpaired) electrons. The van der Waals surface area contributed by atoms with Crippen molar-refractivity contribution in [1.29, 1.82) is 0 Å². The minimum atomic E-state index is -0.696. The van der Waals surface area contributed by atoms with Crippen molar-refractivity contribution in [2.75, 3.05) is 12.4 Å². The largest absolute Gasteiger partial charge is 0.455 e. The Morgan fingerprint density at radius 2 is 1.76 bits per heavy atom. The number of nitrogens with zero attached hydrogens (tertiary/aromatic N) is 1. The van der Waals surface area contributed by atoms with Crippen molar-refractivity contribution < 1.29 is 24.0 Å². The van der Waals surface area contributed by atoms with E-state index >= 15 is 0 Å². The number of ether oxygens (including phenoxy) is 1. The highest BCUT2D eigenvalue weighted by Crippen LogP contribution is 2.21. The summed E-state index contributed by atoms with van der Waals surface area (Å²) in [4.78, 5) is 46.4. The molecule has 0 unspecified atom stereocenters. The fourth-order valence-electron chi connectivity index (χ4n) is 2.38. The number of rotatable bonds is 10. The molecule has 0 aliphatic carbocycles. The number of benzene rings is 2. The van der Waals surface area contributed by atoms with E-state index in [0.717, 1.165) is 17.3 Å². The molecular weight excluding hydrogens is 396 g/mol. The average Bonchev–Trinajstić information content (AvgIpc) is 2.71. The lowest BCUT2D eigenvalue weighted by molar-refractivity contribution is -0.384. The fraction of sp³-hybridized carbons (Fsp3) is 0.250. The Morgan fingerprint density at radius 3 is 2.34 bits per heavy atom. The van der Waals surface area contributed by atoms with Gasteiger partial charge in [0.1, 0.15) is 0 Å². The van der Waals surface area contributed by atoms with Gasteiger partial charge in [-0.1, -0.05) is 30.3 Å². The van der Waals surface area contributed by atoms with Gasteiger partial charge >= 0.3 is 5.97 Å². The molecule has 0 aliphatic heterocycles. The SMILES string of the molecule is CC(=O)[C@H](Cc1ccccc1)NC(=O)COC(=O)CSc1ccc([N+](=O)[O-])cc1. The van der Waals surface area contributed by atoms with E-state index in [4.69, 9.17) is 4.74 Å². The van der Waals surface area contributed by atoms with Crippen LogP contribution >= 0.6 is 11.8 Å². The van der Waals surface area contributed by atoms with Crippen LogP contribution in [-0.4, -0.2) is 41.0 Å². The van der Waals surface area contributed by atoms with Crippen molar-refractivity contribution in [2.45, 2.75) is 24.3 Å². The maximum Gasteiger partial charge on any atom is 0.316 e. The standard InChI is InChI=1S/C20H20N2O6S/c1-14(23)18(11-15-5-3-2-4-6-15)21-19(24)12-28-20(25)13-29-17-9-7-16(8-10-17)22(26)27/h2-10,18H,11-13H2,1H3,(H,21,24)/t18-/m0/s1. The Hall–Kier alpha value is -3.20. The predicted molar refractivity (Wildman–Crippen MR) is 108 cm³/mol. The molecule has 0 fully saturated rings. The number of carbonyl (C=O) groups excluding carboxylic acids is 3. The third-order valence-electron chi connectivity index (χ3n) is 3.88. The molecule has 2 aromatic carbocycles. The first kappa shape index (κ1) is 22.1. The van der Waals surface area contributed by atoms with Gasteiger partial charge in [0, 0.05) is 17.0 Å². The summed E-state index contributed by atoms with van der Waals surface area (Å²) in [5.41, 5.74) is 0.869. The molecule has 29 heavy (non-hydrogen) atoms. The van der Waals surface area contributed by atoms with E-state index in [1.807, 2.05) is 30.3 Å². The second-order valence-electron chi connectivity index (χ2n) is 6.12. The van der Waals surface area contributed by atoms with E-state index in [-0.39, 0.29) is 17.2 Å². The predicted octanol–water partition coefficient (Wildman–Crippen LogP) is 2.55. The first-order valence-electron chi connectivity index (χ1n) is 8.72. The molecule has 1 N–H and O–H groups in total. The monoisotopic (exact) mass is 416 g/mol. The first-order valence-corrected chi connectivity index (χ1v) is 9.70. The van der Waals surface area contributed by atoms with Crippen LogP contribution in [0.25, 0.3) is 0 Å². The van der Waals surface area contributed by atoms with Crippen molar-refractivity contribution in [3.8, 4) is 0 Å². The molecule has 0 saturated carbocycles.